The summed E-state index contributed by atoms with van der Waals surface area (Å²) in [6, 6.07) is 56.3. The lowest BCUT2D eigenvalue weighted by atomic mass is 10.0. The molecule has 13 aromatic rings. The number of furan rings is 1. The van der Waals surface area contributed by atoms with Gasteiger partial charge in [0.1, 0.15) is 11.2 Å². The number of fused-ring (bicyclic) bond motifs is 14. The van der Waals surface area contributed by atoms with E-state index in [1.54, 1.807) is 6.08 Å². The third kappa shape index (κ3) is 4.83. The van der Waals surface area contributed by atoms with Gasteiger partial charge < -0.3 is 13.4 Å². The van der Waals surface area contributed by atoms with Crippen LogP contribution in [-0.2, 0) is 0 Å². The van der Waals surface area contributed by atoms with E-state index in [1.165, 1.54) is 59.6 Å². The van der Waals surface area contributed by atoms with Crippen LogP contribution in [0.25, 0.3) is 127 Å². The molecule has 8 aromatic carbocycles. The third-order valence-corrected chi connectivity index (χ3v) is 12.6. The molecule has 0 aliphatic heterocycles. The van der Waals surface area contributed by atoms with Gasteiger partial charge in [-0.1, -0.05) is 152 Å². The van der Waals surface area contributed by atoms with Gasteiger partial charge in [0.2, 0.25) is 0 Å². The summed E-state index contributed by atoms with van der Waals surface area (Å²) in [6.45, 7) is 5.90. The predicted octanol–water partition coefficient (Wildman–Crippen LogP) is 14.7. The zero-order valence-corrected chi connectivity index (χ0v) is 33.7. The molecule has 290 valence electrons. The Balaban J connectivity index is 1.20. The molecule has 0 unspecified atom stereocenters. The molecule has 62 heavy (non-hydrogen) atoms. The van der Waals surface area contributed by atoms with Crippen molar-refractivity contribution in [2.75, 3.05) is 0 Å². The Hall–Kier alpha value is -8.35. The fourth-order valence-corrected chi connectivity index (χ4v) is 9.91. The van der Waals surface area contributed by atoms with Gasteiger partial charge in [-0.15, -0.1) is 0 Å². The van der Waals surface area contributed by atoms with E-state index in [0.717, 1.165) is 55.4 Å². The maximum atomic E-state index is 6.80. The van der Waals surface area contributed by atoms with E-state index in [-0.39, 0.29) is 0 Å². The molecule has 0 aliphatic carbocycles. The molecule has 0 radical (unpaired) electrons. The van der Waals surface area contributed by atoms with Crippen LogP contribution >= 0.6 is 0 Å². The number of hydrogen-bond acceptors (Lipinski definition) is 4. The lowest BCUT2D eigenvalue weighted by Crippen LogP contribution is -2.03. The second kappa shape index (κ2) is 13.1. The summed E-state index contributed by atoms with van der Waals surface area (Å²) in [5, 5.41) is 11.8. The van der Waals surface area contributed by atoms with Crippen LogP contribution in [0.3, 0.4) is 0 Å². The van der Waals surface area contributed by atoms with E-state index in [9.17, 15) is 0 Å². The van der Waals surface area contributed by atoms with Crippen molar-refractivity contribution in [2.45, 2.75) is 6.92 Å². The quantitative estimate of drug-likeness (QED) is 0.157. The molecule has 0 amide bonds. The van der Waals surface area contributed by atoms with Crippen molar-refractivity contribution in [3.05, 3.63) is 194 Å². The molecule has 6 nitrogen and oxygen atoms in total. The Bertz CT molecular complexity index is 4070. The number of nitrogens with zero attached hydrogens (tertiary/aromatic N) is 5. The molecule has 5 aromatic heterocycles. The van der Waals surface area contributed by atoms with Gasteiger partial charge in [-0.2, -0.15) is 0 Å². The first kappa shape index (κ1) is 34.5. The highest BCUT2D eigenvalue weighted by Gasteiger charge is 2.25. The van der Waals surface area contributed by atoms with E-state index in [4.69, 9.17) is 19.4 Å². The van der Waals surface area contributed by atoms with Crippen LogP contribution in [0.15, 0.2) is 193 Å². The minimum Gasteiger partial charge on any atom is -0.456 e. The topological polar surface area (TPSA) is 61.2 Å². The Kier molecular flexibility index (Phi) is 7.28. The molecule has 5 heterocycles. The van der Waals surface area contributed by atoms with E-state index in [0.29, 0.717) is 17.5 Å². The van der Waals surface area contributed by atoms with Crippen molar-refractivity contribution >= 4 is 98.2 Å². The summed E-state index contributed by atoms with van der Waals surface area (Å²) in [7, 11) is 0. The highest BCUT2D eigenvalue weighted by atomic mass is 16.3. The van der Waals surface area contributed by atoms with Crippen molar-refractivity contribution in [1.82, 2.24) is 23.9 Å². The third-order valence-electron chi connectivity index (χ3n) is 12.6. The molecule has 0 saturated carbocycles. The van der Waals surface area contributed by atoms with Crippen LogP contribution < -0.4 is 0 Å². The van der Waals surface area contributed by atoms with E-state index < -0.39 is 0 Å². The second-order valence-corrected chi connectivity index (χ2v) is 15.9. The monoisotopic (exact) mass is 793 g/mol. The average Bonchev–Trinajstić information content (AvgIpc) is 4.07. The molecule has 0 saturated heterocycles. The van der Waals surface area contributed by atoms with Gasteiger partial charge in [0, 0.05) is 59.8 Å². The molecule has 0 fully saturated rings. The van der Waals surface area contributed by atoms with Gasteiger partial charge in [-0.25, -0.2) is 15.0 Å². The van der Waals surface area contributed by atoms with Gasteiger partial charge in [-0.05, 0) is 48.7 Å². The molecule has 6 heteroatoms. The number of benzene rings is 8. The zero-order chi connectivity index (χ0) is 41.1. The van der Waals surface area contributed by atoms with Crippen LogP contribution in [0, 0.1) is 0 Å². The fraction of sp³-hybridized carbons (Fsp3) is 0.0179. The summed E-state index contributed by atoms with van der Waals surface area (Å²) in [5.41, 5.74) is 11.0. The van der Waals surface area contributed by atoms with Crippen molar-refractivity contribution in [3.63, 3.8) is 0 Å². The fourth-order valence-electron chi connectivity index (χ4n) is 9.91. The van der Waals surface area contributed by atoms with Crippen molar-refractivity contribution in [2.24, 2.45) is 0 Å². The van der Waals surface area contributed by atoms with Gasteiger partial charge in [0.25, 0.3) is 0 Å². The maximum absolute atomic E-state index is 6.80. The van der Waals surface area contributed by atoms with Gasteiger partial charge in [-0.3, -0.25) is 0 Å². The lowest BCUT2D eigenvalue weighted by Gasteiger charge is -2.14. The second-order valence-electron chi connectivity index (χ2n) is 15.9. The predicted molar refractivity (Wildman–Crippen MR) is 257 cm³/mol. The summed E-state index contributed by atoms with van der Waals surface area (Å²) in [6.07, 6.45) is 7.67. The van der Waals surface area contributed by atoms with Crippen LogP contribution in [-0.4, -0.2) is 23.9 Å². The van der Waals surface area contributed by atoms with E-state index >= 15 is 0 Å². The minimum atomic E-state index is 0.548. The van der Waals surface area contributed by atoms with Crippen LogP contribution in [0.2, 0.25) is 0 Å². The van der Waals surface area contributed by atoms with Crippen molar-refractivity contribution < 1.29 is 4.42 Å². The zero-order valence-electron chi connectivity index (χ0n) is 33.7. The van der Waals surface area contributed by atoms with E-state index in [2.05, 4.69) is 131 Å². The molecule has 0 atom stereocenters. The Morgan fingerprint density at radius 2 is 1.23 bits per heavy atom. The SMILES string of the molecule is C=C/C=C\C(=C/C)c1nc(-c2ccccc2)nc(-c2cc(-n3c4cc5c(cc4c4ccc6ccccc6c43)c3cccc4c6ccccc6n5c43)c3c(c2)oc2ccccc23)n1. The number of allylic oxidation sites excluding steroid dienone is 5. The summed E-state index contributed by atoms with van der Waals surface area (Å²) in [4.78, 5) is 15.4. The number of aromatic nitrogens is 5. The Morgan fingerprint density at radius 1 is 0.532 bits per heavy atom. The summed E-state index contributed by atoms with van der Waals surface area (Å²) < 4.78 is 11.7. The molecular weight excluding hydrogens is 759 g/mol. The first-order valence-corrected chi connectivity index (χ1v) is 20.9. The Morgan fingerprint density at radius 3 is 2.06 bits per heavy atom. The number of hydrogen-bond donors (Lipinski definition) is 0. The molecule has 13 rings (SSSR count). The van der Waals surface area contributed by atoms with Crippen molar-refractivity contribution in [3.8, 4) is 28.5 Å². The first-order chi connectivity index (χ1) is 30.7. The number of para-hydroxylation sites is 3. The first-order valence-electron chi connectivity index (χ1n) is 20.9. The highest BCUT2D eigenvalue weighted by molar-refractivity contribution is 6.28. The Labute approximate surface area is 355 Å². The van der Waals surface area contributed by atoms with Gasteiger partial charge in [0.15, 0.2) is 17.5 Å². The number of rotatable bonds is 6. The van der Waals surface area contributed by atoms with Crippen LogP contribution in [0.1, 0.15) is 12.7 Å². The largest absolute Gasteiger partial charge is 0.456 e. The smallest absolute Gasteiger partial charge is 0.164 e. The molecule has 0 bridgehead atoms. The highest BCUT2D eigenvalue weighted by Crippen LogP contribution is 2.46. The molecule has 0 aliphatic rings. The lowest BCUT2D eigenvalue weighted by molar-refractivity contribution is 0.669. The molecule has 0 spiro atoms. The van der Waals surface area contributed by atoms with Crippen molar-refractivity contribution in [1.29, 1.82) is 0 Å². The average molecular weight is 794 g/mol. The standard InChI is InChI=1S/C56H35N5O/c1-3-5-16-33(4-2)54-57-55(35-18-7-6-8-19-35)59-56(58-54)36-29-48(51-42-22-12-14-26-49(42)62-50(51)30-36)61-47-32-46-43(31-44(47)41-28-27-34-17-9-10-20-37(34)52(41)61)40-24-15-23-39-38-21-11-13-25-45(38)60(46)53(39)40/h3-32H,1H2,2H3/b16-5-,33-4+. The summed E-state index contributed by atoms with van der Waals surface area (Å²) in [5.74, 6) is 1.71. The van der Waals surface area contributed by atoms with Gasteiger partial charge in [0.05, 0.1) is 38.7 Å². The van der Waals surface area contributed by atoms with Crippen LogP contribution in [0.4, 0.5) is 0 Å². The summed E-state index contributed by atoms with van der Waals surface area (Å²) >= 11 is 0. The normalized spacial score (nSPS) is 12.7. The maximum Gasteiger partial charge on any atom is 0.164 e. The van der Waals surface area contributed by atoms with Gasteiger partial charge >= 0.3 is 0 Å². The molecular formula is C56H35N5O. The minimum absolute atomic E-state index is 0.548. The van der Waals surface area contributed by atoms with Crippen LogP contribution in [0.5, 0.6) is 0 Å². The molecule has 0 N–H and O–H groups in total. The van der Waals surface area contributed by atoms with E-state index in [1.807, 2.05) is 67.6 Å².